The van der Waals surface area contributed by atoms with Crippen LogP contribution in [-0.2, 0) is 4.79 Å². The zero-order valence-corrected chi connectivity index (χ0v) is 19.7. The average molecular weight is 474 g/mol. The van der Waals surface area contributed by atoms with Gasteiger partial charge in [0.15, 0.2) is 0 Å². The van der Waals surface area contributed by atoms with Crippen LogP contribution in [-0.4, -0.2) is 47.9 Å². The number of piperidine rings is 2. The molecule has 3 amide bonds. The van der Waals surface area contributed by atoms with Gasteiger partial charge in [-0.1, -0.05) is 42.5 Å². The second-order valence-corrected chi connectivity index (χ2v) is 8.84. The van der Waals surface area contributed by atoms with E-state index in [1.54, 1.807) is 12.1 Å². The van der Waals surface area contributed by atoms with Gasteiger partial charge in [0, 0.05) is 13.0 Å². The minimum atomic E-state index is -0.279. The summed E-state index contributed by atoms with van der Waals surface area (Å²) in [6, 6.07) is 16.2. The molecule has 0 saturated carbocycles. The summed E-state index contributed by atoms with van der Waals surface area (Å²) in [6.45, 7) is 3.50. The van der Waals surface area contributed by atoms with Gasteiger partial charge in [0.25, 0.3) is 0 Å². The Labute approximate surface area is 201 Å². The third kappa shape index (κ3) is 6.55. The van der Waals surface area contributed by atoms with Crippen LogP contribution in [0.25, 0.3) is 0 Å². The van der Waals surface area contributed by atoms with Gasteiger partial charge in [0.1, 0.15) is 5.82 Å². The lowest BCUT2D eigenvalue weighted by Gasteiger charge is -2.34. The molecule has 0 aliphatic carbocycles. The fraction of sp³-hybridized carbons (Fsp3) is 0.462. The summed E-state index contributed by atoms with van der Waals surface area (Å²) in [5, 5.41) is 2.97. The molecule has 1 atom stereocenters. The highest BCUT2D eigenvalue weighted by atomic mass is 35.5. The second kappa shape index (κ2) is 12.1. The number of carbonyl (C=O) groups is 2. The van der Waals surface area contributed by atoms with Crippen molar-refractivity contribution < 1.29 is 14.0 Å². The Morgan fingerprint density at radius 1 is 0.970 bits per heavy atom. The lowest BCUT2D eigenvalue weighted by Crippen LogP contribution is -2.48. The van der Waals surface area contributed by atoms with Crippen molar-refractivity contribution in [2.75, 3.05) is 26.2 Å². The van der Waals surface area contributed by atoms with E-state index in [0.29, 0.717) is 18.9 Å². The van der Waals surface area contributed by atoms with Crippen LogP contribution in [0.3, 0.4) is 0 Å². The topological polar surface area (TPSA) is 52.7 Å². The standard InChI is InChI=1S/C26H32FN3O2.ClH/c27-23-12-10-20(11-13-23)21-14-18-29(19-15-21)17-5-16-28-26(32)30-24(8-4-9-25(30)31)22-6-2-1-3-7-22;/h1-3,6-7,10-13,21,24H,4-5,8-9,14-19H2,(H,28,32);1H. The largest absolute Gasteiger partial charge is 0.338 e. The summed E-state index contributed by atoms with van der Waals surface area (Å²) >= 11 is 0. The van der Waals surface area contributed by atoms with E-state index in [0.717, 1.165) is 57.3 Å². The molecule has 0 aromatic heterocycles. The summed E-state index contributed by atoms with van der Waals surface area (Å²) in [4.78, 5) is 29.2. The first kappa shape index (κ1) is 25.2. The van der Waals surface area contributed by atoms with Crippen LogP contribution < -0.4 is 5.32 Å². The van der Waals surface area contributed by atoms with Gasteiger partial charge >= 0.3 is 6.03 Å². The molecule has 7 heteroatoms. The Morgan fingerprint density at radius 3 is 2.36 bits per heavy atom. The van der Waals surface area contributed by atoms with Gasteiger partial charge in [0.2, 0.25) is 5.91 Å². The quantitative estimate of drug-likeness (QED) is 0.580. The number of nitrogens with one attached hydrogen (secondary N) is 1. The molecule has 2 heterocycles. The van der Waals surface area contributed by atoms with Crippen LogP contribution in [0.15, 0.2) is 54.6 Å². The van der Waals surface area contributed by atoms with Crippen molar-refractivity contribution >= 4 is 24.3 Å². The molecule has 0 spiro atoms. The number of hydrogen-bond acceptors (Lipinski definition) is 3. The van der Waals surface area contributed by atoms with Gasteiger partial charge < -0.3 is 10.2 Å². The predicted molar refractivity (Wildman–Crippen MR) is 130 cm³/mol. The summed E-state index contributed by atoms with van der Waals surface area (Å²) in [5.41, 5.74) is 2.23. The molecule has 5 nitrogen and oxygen atoms in total. The number of hydrogen-bond donors (Lipinski definition) is 1. The van der Waals surface area contributed by atoms with E-state index in [1.807, 2.05) is 42.5 Å². The van der Waals surface area contributed by atoms with Gasteiger partial charge in [-0.2, -0.15) is 0 Å². The zero-order chi connectivity index (χ0) is 22.3. The number of amides is 3. The van der Waals surface area contributed by atoms with Gasteiger partial charge in [-0.15, -0.1) is 12.4 Å². The van der Waals surface area contributed by atoms with Crippen LogP contribution in [0.2, 0.25) is 0 Å². The van der Waals surface area contributed by atoms with Gasteiger partial charge in [0.05, 0.1) is 6.04 Å². The lowest BCUT2D eigenvalue weighted by atomic mass is 9.89. The molecule has 0 radical (unpaired) electrons. The maximum Gasteiger partial charge on any atom is 0.324 e. The number of likely N-dealkylation sites (tertiary alicyclic amines) is 2. The fourth-order valence-electron chi connectivity index (χ4n) is 4.92. The van der Waals surface area contributed by atoms with E-state index in [1.165, 1.54) is 10.5 Å². The van der Waals surface area contributed by atoms with E-state index in [-0.39, 0.29) is 36.2 Å². The molecule has 1 unspecified atom stereocenters. The van der Waals surface area contributed by atoms with Crippen LogP contribution in [0.1, 0.15) is 61.6 Å². The minimum Gasteiger partial charge on any atom is -0.338 e. The van der Waals surface area contributed by atoms with E-state index in [4.69, 9.17) is 0 Å². The molecular formula is C26H33ClFN3O2. The Bertz CT molecular complexity index is 902. The zero-order valence-electron chi connectivity index (χ0n) is 18.9. The molecule has 2 saturated heterocycles. The van der Waals surface area contributed by atoms with Crippen molar-refractivity contribution in [1.29, 1.82) is 0 Å². The van der Waals surface area contributed by atoms with E-state index in [9.17, 15) is 14.0 Å². The van der Waals surface area contributed by atoms with Gasteiger partial charge in [-0.25, -0.2) is 9.18 Å². The third-order valence-corrected chi connectivity index (χ3v) is 6.71. The first-order chi connectivity index (χ1) is 15.6. The first-order valence-corrected chi connectivity index (χ1v) is 11.7. The Kier molecular flexibility index (Phi) is 9.27. The third-order valence-electron chi connectivity index (χ3n) is 6.71. The first-order valence-electron chi connectivity index (χ1n) is 11.7. The van der Waals surface area contributed by atoms with Crippen molar-refractivity contribution in [2.45, 2.75) is 50.5 Å². The molecule has 0 bridgehead atoms. The van der Waals surface area contributed by atoms with Crippen molar-refractivity contribution in [3.63, 3.8) is 0 Å². The monoisotopic (exact) mass is 473 g/mol. The van der Waals surface area contributed by atoms with Gasteiger partial charge in [-0.3, -0.25) is 9.69 Å². The Balaban J connectivity index is 0.00000306. The Hall–Kier alpha value is -2.44. The minimum absolute atomic E-state index is 0. The van der Waals surface area contributed by atoms with Crippen LogP contribution in [0.4, 0.5) is 9.18 Å². The van der Waals surface area contributed by atoms with E-state index in [2.05, 4.69) is 10.2 Å². The number of carbonyl (C=O) groups excluding carboxylic acids is 2. The molecule has 4 rings (SSSR count). The normalized spacial score (nSPS) is 19.7. The molecular weight excluding hydrogens is 441 g/mol. The number of rotatable bonds is 6. The molecule has 2 aromatic rings. The van der Waals surface area contributed by atoms with Crippen molar-refractivity contribution in [1.82, 2.24) is 15.1 Å². The number of urea groups is 1. The average Bonchev–Trinajstić information content (AvgIpc) is 2.83. The fourth-order valence-corrected chi connectivity index (χ4v) is 4.92. The summed E-state index contributed by atoms with van der Waals surface area (Å²) in [7, 11) is 0. The molecule has 2 aromatic carbocycles. The predicted octanol–water partition coefficient (Wildman–Crippen LogP) is 5.28. The van der Waals surface area contributed by atoms with Crippen LogP contribution >= 0.6 is 12.4 Å². The van der Waals surface area contributed by atoms with Crippen LogP contribution in [0.5, 0.6) is 0 Å². The van der Waals surface area contributed by atoms with E-state index < -0.39 is 0 Å². The maximum absolute atomic E-state index is 13.1. The number of imide groups is 1. The lowest BCUT2D eigenvalue weighted by molar-refractivity contribution is -0.132. The van der Waals surface area contributed by atoms with E-state index >= 15 is 0 Å². The number of nitrogens with zero attached hydrogens (tertiary/aromatic N) is 2. The van der Waals surface area contributed by atoms with Crippen molar-refractivity contribution in [2.24, 2.45) is 0 Å². The highest BCUT2D eigenvalue weighted by Crippen LogP contribution is 2.31. The SMILES string of the molecule is Cl.O=C1CCCC(c2ccccc2)N1C(=O)NCCCN1CCC(c2ccc(F)cc2)CC1. The summed E-state index contributed by atoms with van der Waals surface area (Å²) in [5.74, 6) is 0.214. The molecule has 1 N–H and O–H groups in total. The second-order valence-electron chi connectivity index (χ2n) is 8.84. The highest BCUT2D eigenvalue weighted by Gasteiger charge is 2.33. The van der Waals surface area contributed by atoms with Crippen molar-refractivity contribution in [3.8, 4) is 0 Å². The Morgan fingerprint density at radius 2 is 1.67 bits per heavy atom. The molecule has 178 valence electrons. The van der Waals surface area contributed by atoms with Crippen molar-refractivity contribution in [3.05, 3.63) is 71.5 Å². The molecule has 2 fully saturated rings. The van der Waals surface area contributed by atoms with Gasteiger partial charge in [-0.05, 0) is 80.9 Å². The number of halogens is 2. The van der Waals surface area contributed by atoms with Crippen LogP contribution in [0, 0.1) is 5.82 Å². The molecule has 33 heavy (non-hydrogen) atoms. The molecule has 2 aliphatic heterocycles. The summed E-state index contributed by atoms with van der Waals surface area (Å²) in [6.07, 6.45) is 5.05. The molecule has 2 aliphatic rings. The smallest absolute Gasteiger partial charge is 0.324 e. The highest BCUT2D eigenvalue weighted by molar-refractivity contribution is 5.95. The summed E-state index contributed by atoms with van der Waals surface area (Å²) < 4.78 is 13.1. The number of benzene rings is 2. The maximum atomic E-state index is 13.1.